The highest BCUT2D eigenvalue weighted by Gasteiger charge is 2.30. The Morgan fingerprint density at radius 3 is 2.20 bits per heavy atom. The van der Waals surface area contributed by atoms with Crippen LogP contribution in [0.4, 0.5) is 13.2 Å². The van der Waals surface area contributed by atoms with E-state index in [4.69, 9.17) is 0 Å². The summed E-state index contributed by atoms with van der Waals surface area (Å²) in [6, 6.07) is 9.15. The third-order valence-electron chi connectivity index (χ3n) is 3.42. The van der Waals surface area contributed by atoms with Crippen LogP contribution in [0.5, 0.6) is 0 Å². The standard InChI is InChI=1S/C16H15F3O/c1-10-3-4-12(7-11(10)2)15-6-5-14(16(17,18)19)8-13(15)9-20/h3-8,20H,9H2,1-2H3. The first-order chi connectivity index (χ1) is 9.32. The lowest BCUT2D eigenvalue weighted by molar-refractivity contribution is -0.137. The second-order valence-corrected chi connectivity index (χ2v) is 4.83. The number of hydrogen-bond donors (Lipinski definition) is 1. The molecule has 0 bridgehead atoms. The summed E-state index contributed by atoms with van der Waals surface area (Å²) < 4.78 is 38.0. The zero-order valence-electron chi connectivity index (χ0n) is 11.3. The third kappa shape index (κ3) is 2.85. The van der Waals surface area contributed by atoms with Gasteiger partial charge in [0.1, 0.15) is 0 Å². The number of benzene rings is 2. The molecule has 0 aliphatic rings. The van der Waals surface area contributed by atoms with Gasteiger partial charge >= 0.3 is 6.18 Å². The molecule has 4 heteroatoms. The molecule has 2 aromatic rings. The molecule has 0 fully saturated rings. The van der Waals surface area contributed by atoms with E-state index in [0.717, 1.165) is 28.8 Å². The number of halogens is 3. The van der Waals surface area contributed by atoms with E-state index in [0.29, 0.717) is 5.56 Å². The maximum absolute atomic E-state index is 12.7. The Labute approximate surface area is 115 Å². The number of rotatable bonds is 2. The molecule has 0 saturated heterocycles. The molecule has 1 N–H and O–H groups in total. The molecule has 0 heterocycles. The van der Waals surface area contributed by atoms with Crippen LogP contribution in [-0.4, -0.2) is 5.11 Å². The van der Waals surface area contributed by atoms with Crippen molar-refractivity contribution in [3.63, 3.8) is 0 Å². The SMILES string of the molecule is Cc1ccc(-c2ccc(C(F)(F)F)cc2CO)cc1C. The van der Waals surface area contributed by atoms with Crippen LogP contribution < -0.4 is 0 Å². The fourth-order valence-corrected chi connectivity index (χ4v) is 2.09. The van der Waals surface area contributed by atoms with Crippen molar-refractivity contribution in [2.24, 2.45) is 0 Å². The topological polar surface area (TPSA) is 20.2 Å². The van der Waals surface area contributed by atoms with Gasteiger partial charge in [-0.1, -0.05) is 24.3 Å². The quantitative estimate of drug-likeness (QED) is 0.859. The molecular weight excluding hydrogens is 265 g/mol. The van der Waals surface area contributed by atoms with Crippen LogP contribution in [-0.2, 0) is 12.8 Å². The van der Waals surface area contributed by atoms with E-state index in [1.165, 1.54) is 6.07 Å². The van der Waals surface area contributed by atoms with Gasteiger partial charge in [0.25, 0.3) is 0 Å². The van der Waals surface area contributed by atoms with Crippen molar-refractivity contribution in [1.29, 1.82) is 0 Å². The molecule has 0 unspecified atom stereocenters. The highest BCUT2D eigenvalue weighted by atomic mass is 19.4. The summed E-state index contributed by atoms with van der Waals surface area (Å²) in [7, 11) is 0. The van der Waals surface area contributed by atoms with Crippen molar-refractivity contribution in [1.82, 2.24) is 0 Å². The summed E-state index contributed by atoms with van der Waals surface area (Å²) in [5.41, 5.74) is 3.16. The summed E-state index contributed by atoms with van der Waals surface area (Å²) in [5.74, 6) is 0. The van der Waals surface area contributed by atoms with Gasteiger partial charge in [0.15, 0.2) is 0 Å². The maximum atomic E-state index is 12.7. The van der Waals surface area contributed by atoms with Crippen molar-refractivity contribution in [3.05, 3.63) is 58.7 Å². The van der Waals surface area contributed by atoms with Crippen LogP contribution in [0.3, 0.4) is 0 Å². The molecule has 1 nitrogen and oxygen atoms in total. The van der Waals surface area contributed by atoms with Crippen LogP contribution in [0.1, 0.15) is 22.3 Å². The van der Waals surface area contributed by atoms with E-state index in [9.17, 15) is 18.3 Å². The summed E-state index contributed by atoms with van der Waals surface area (Å²) in [4.78, 5) is 0. The van der Waals surface area contributed by atoms with Gasteiger partial charge in [-0.3, -0.25) is 0 Å². The van der Waals surface area contributed by atoms with Crippen LogP contribution in [0.2, 0.25) is 0 Å². The van der Waals surface area contributed by atoms with E-state index in [-0.39, 0.29) is 5.56 Å². The van der Waals surface area contributed by atoms with Crippen LogP contribution in [0, 0.1) is 13.8 Å². The third-order valence-corrected chi connectivity index (χ3v) is 3.42. The van der Waals surface area contributed by atoms with E-state index >= 15 is 0 Å². The van der Waals surface area contributed by atoms with E-state index in [1.807, 2.05) is 32.0 Å². The second-order valence-electron chi connectivity index (χ2n) is 4.83. The minimum Gasteiger partial charge on any atom is -0.392 e. The van der Waals surface area contributed by atoms with Crippen molar-refractivity contribution < 1.29 is 18.3 Å². The molecule has 0 aromatic heterocycles. The number of alkyl halides is 3. The van der Waals surface area contributed by atoms with Gasteiger partial charge in [0.2, 0.25) is 0 Å². The zero-order chi connectivity index (χ0) is 14.9. The molecule has 20 heavy (non-hydrogen) atoms. The molecule has 106 valence electrons. The lowest BCUT2D eigenvalue weighted by Crippen LogP contribution is -2.06. The Balaban J connectivity index is 2.54. The number of aliphatic hydroxyl groups is 1. The number of hydrogen-bond acceptors (Lipinski definition) is 1. The van der Waals surface area contributed by atoms with Gasteiger partial charge in [-0.05, 0) is 53.8 Å². The van der Waals surface area contributed by atoms with Crippen molar-refractivity contribution >= 4 is 0 Å². The normalized spacial score (nSPS) is 11.7. The predicted molar refractivity (Wildman–Crippen MR) is 72.3 cm³/mol. The molecule has 2 aromatic carbocycles. The summed E-state index contributed by atoms with van der Waals surface area (Å²) in [6.45, 7) is 3.49. The minimum absolute atomic E-state index is 0.281. The second kappa shape index (κ2) is 5.29. The molecule has 0 spiro atoms. The largest absolute Gasteiger partial charge is 0.416 e. The van der Waals surface area contributed by atoms with Crippen LogP contribution in [0.15, 0.2) is 36.4 Å². The highest BCUT2D eigenvalue weighted by molar-refractivity contribution is 5.69. The lowest BCUT2D eigenvalue weighted by atomic mass is 9.95. The highest BCUT2D eigenvalue weighted by Crippen LogP contribution is 2.33. The van der Waals surface area contributed by atoms with Gasteiger partial charge in [-0.15, -0.1) is 0 Å². The Morgan fingerprint density at radius 2 is 1.65 bits per heavy atom. The Bertz CT molecular complexity index is 630. The first-order valence-electron chi connectivity index (χ1n) is 6.21. The first-order valence-corrected chi connectivity index (χ1v) is 6.21. The van der Waals surface area contributed by atoms with Crippen molar-refractivity contribution in [2.45, 2.75) is 26.6 Å². The number of aryl methyl sites for hydroxylation is 2. The molecule has 0 saturated carbocycles. The molecule has 0 aliphatic carbocycles. The number of aliphatic hydroxyl groups excluding tert-OH is 1. The van der Waals surface area contributed by atoms with Crippen molar-refractivity contribution in [3.8, 4) is 11.1 Å². The molecule has 0 radical (unpaired) electrons. The predicted octanol–water partition coefficient (Wildman–Crippen LogP) is 4.48. The van der Waals surface area contributed by atoms with E-state index < -0.39 is 18.3 Å². The fraction of sp³-hybridized carbons (Fsp3) is 0.250. The fourth-order valence-electron chi connectivity index (χ4n) is 2.09. The summed E-state index contributed by atoms with van der Waals surface area (Å²) in [6.07, 6.45) is -4.40. The Hall–Kier alpha value is -1.81. The van der Waals surface area contributed by atoms with E-state index in [1.54, 1.807) is 0 Å². The molecule has 0 atom stereocenters. The molecular formula is C16H15F3O. The van der Waals surface area contributed by atoms with Crippen molar-refractivity contribution in [2.75, 3.05) is 0 Å². The first kappa shape index (κ1) is 14.6. The molecule has 0 amide bonds. The zero-order valence-corrected chi connectivity index (χ0v) is 11.3. The Kier molecular flexibility index (Phi) is 3.86. The summed E-state index contributed by atoms with van der Waals surface area (Å²) >= 11 is 0. The van der Waals surface area contributed by atoms with E-state index in [2.05, 4.69) is 0 Å². The van der Waals surface area contributed by atoms with Gasteiger partial charge in [0.05, 0.1) is 12.2 Å². The van der Waals surface area contributed by atoms with Gasteiger partial charge in [0, 0.05) is 0 Å². The average molecular weight is 280 g/mol. The maximum Gasteiger partial charge on any atom is 0.416 e. The van der Waals surface area contributed by atoms with Crippen LogP contribution in [0.25, 0.3) is 11.1 Å². The molecule has 2 rings (SSSR count). The minimum atomic E-state index is -4.40. The lowest BCUT2D eigenvalue weighted by Gasteiger charge is -2.13. The monoisotopic (exact) mass is 280 g/mol. The van der Waals surface area contributed by atoms with Gasteiger partial charge < -0.3 is 5.11 Å². The van der Waals surface area contributed by atoms with Gasteiger partial charge in [-0.2, -0.15) is 13.2 Å². The van der Waals surface area contributed by atoms with Crippen LogP contribution >= 0.6 is 0 Å². The summed E-state index contributed by atoms with van der Waals surface area (Å²) in [5, 5.41) is 9.33. The average Bonchev–Trinajstić information content (AvgIpc) is 2.40. The Morgan fingerprint density at radius 1 is 0.950 bits per heavy atom. The van der Waals surface area contributed by atoms with Gasteiger partial charge in [-0.25, -0.2) is 0 Å². The molecule has 0 aliphatic heterocycles. The smallest absolute Gasteiger partial charge is 0.392 e.